The zero-order valence-electron chi connectivity index (χ0n) is 7.36. The van der Waals surface area contributed by atoms with Gasteiger partial charge in [0.15, 0.2) is 0 Å². The SMILES string of the molecule is CC1=C(C)CN(CCF)CC1. The minimum atomic E-state index is -0.216. The van der Waals surface area contributed by atoms with E-state index in [0.29, 0.717) is 6.54 Å². The molecule has 0 radical (unpaired) electrons. The number of rotatable bonds is 2. The summed E-state index contributed by atoms with van der Waals surface area (Å²) in [5, 5.41) is 0. The third-order valence-electron chi connectivity index (χ3n) is 2.39. The van der Waals surface area contributed by atoms with E-state index in [1.54, 1.807) is 0 Å². The molecule has 64 valence electrons. The molecule has 0 aromatic rings. The van der Waals surface area contributed by atoms with E-state index in [0.717, 1.165) is 19.5 Å². The summed E-state index contributed by atoms with van der Waals surface area (Å²) in [6.45, 7) is 6.70. The second-order valence-electron chi connectivity index (χ2n) is 3.28. The van der Waals surface area contributed by atoms with Crippen LogP contribution >= 0.6 is 0 Å². The van der Waals surface area contributed by atoms with E-state index in [-0.39, 0.29) is 6.67 Å². The molecule has 0 fully saturated rings. The predicted octanol–water partition coefficient (Wildman–Crippen LogP) is 2.00. The average molecular weight is 157 g/mol. The fourth-order valence-corrected chi connectivity index (χ4v) is 1.40. The van der Waals surface area contributed by atoms with Crippen LogP contribution in [0.5, 0.6) is 0 Å². The molecule has 11 heavy (non-hydrogen) atoms. The fourth-order valence-electron chi connectivity index (χ4n) is 1.40. The molecule has 0 amide bonds. The molecular formula is C9H16FN. The second kappa shape index (κ2) is 3.86. The van der Waals surface area contributed by atoms with Crippen molar-refractivity contribution in [3.63, 3.8) is 0 Å². The van der Waals surface area contributed by atoms with Crippen molar-refractivity contribution in [1.82, 2.24) is 4.90 Å². The van der Waals surface area contributed by atoms with Crippen LogP contribution in [0, 0.1) is 0 Å². The monoisotopic (exact) mass is 157 g/mol. The van der Waals surface area contributed by atoms with Gasteiger partial charge < -0.3 is 0 Å². The first-order chi connectivity index (χ1) is 5.24. The molecule has 1 aliphatic heterocycles. The molecule has 0 spiro atoms. The maximum Gasteiger partial charge on any atom is 0.102 e. The summed E-state index contributed by atoms with van der Waals surface area (Å²) in [6.07, 6.45) is 1.12. The van der Waals surface area contributed by atoms with Gasteiger partial charge in [-0.1, -0.05) is 11.1 Å². The maximum absolute atomic E-state index is 11.9. The predicted molar refractivity (Wildman–Crippen MR) is 45.4 cm³/mol. The van der Waals surface area contributed by atoms with E-state index in [2.05, 4.69) is 18.7 Å². The zero-order valence-corrected chi connectivity index (χ0v) is 7.36. The summed E-state index contributed by atoms with van der Waals surface area (Å²) in [4.78, 5) is 2.17. The van der Waals surface area contributed by atoms with E-state index in [4.69, 9.17) is 0 Å². The van der Waals surface area contributed by atoms with Gasteiger partial charge in [0.05, 0.1) is 0 Å². The van der Waals surface area contributed by atoms with E-state index in [1.165, 1.54) is 11.1 Å². The Kier molecular flexibility index (Phi) is 3.06. The van der Waals surface area contributed by atoms with Crippen LogP contribution in [-0.2, 0) is 0 Å². The summed E-state index contributed by atoms with van der Waals surface area (Å²) in [5.41, 5.74) is 2.91. The molecule has 0 aromatic heterocycles. The first-order valence-corrected chi connectivity index (χ1v) is 4.17. The normalized spacial score (nSPS) is 21.0. The number of hydrogen-bond donors (Lipinski definition) is 0. The lowest BCUT2D eigenvalue weighted by Crippen LogP contribution is -2.32. The summed E-state index contributed by atoms with van der Waals surface area (Å²) >= 11 is 0. The minimum absolute atomic E-state index is 0.216. The first kappa shape index (κ1) is 8.72. The van der Waals surface area contributed by atoms with E-state index in [1.807, 2.05) is 0 Å². The number of alkyl halides is 1. The third-order valence-corrected chi connectivity index (χ3v) is 2.39. The highest BCUT2D eigenvalue weighted by Crippen LogP contribution is 2.15. The Bertz CT molecular complexity index is 163. The van der Waals surface area contributed by atoms with Crippen LogP contribution < -0.4 is 0 Å². The highest BCUT2D eigenvalue weighted by atomic mass is 19.1. The van der Waals surface area contributed by atoms with Crippen LogP contribution in [-0.4, -0.2) is 31.2 Å². The summed E-state index contributed by atoms with van der Waals surface area (Å²) in [6, 6.07) is 0. The van der Waals surface area contributed by atoms with Crippen molar-refractivity contribution in [3.8, 4) is 0 Å². The van der Waals surface area contributed by atoms with Crippen molar-refractivity contribution in [1.29, 1.82) is 0 Å². The molecule has 1 rings (SSSR count). The molecule has 0 N–H and O–H groups in total. The Hall–Kier alpha value is -0.370. The van der Waals surface area contributed by atoms with Gasteiger partial charge in [-0.05, 0) is 20.3 Å². The largest absolute Gasteiger partial charge is 0.297 e. The highest BCUT2D eigenvalue weighted by molar-refractivity contribution is 5.14. The molecule has 0 unspecified atom stereocenters. The van der Waals surface area contributed by atoms with Crippen molar-refractivity contribution in [2.75, 3.05) is 26.3 Å². The van der Waals surface area contributed by atoms with Crippen molar-refractivity contribution in [2.45, 2.75) is 20.3 Å². The van der Waals surface area contributed by atoms with Gasteiger partial charge in [0.25, 0.3) is 0 Å². The van der Waals surface area contributed by atoms with Gasteiger partial charge in [0.2, 0.25) is 0 Å². The molecule has 0 aromatic carbocycles. The summed E-state index contributed by atoms with van der Waals surface area (Å²) in [5.74, 6) is 0. The summed E-state index contributed by atoms with van der Waals surface area (Å²) < 4.78 is 11.9. The van der Waals surface area contributed by atoms with Gasteiger partial charge in [-0.2, -0.15) is 0 Å². The van der Waals surface area contributed by atoms with Crippen molar-refractivity contribution < 1.29 is 4.39 Å². The van der Waals surface area contributed by atoms with E-state index in [9.17, 15) is 4.39 Å². The molecular weight excluding hydrogens is 141 g/mol. The van der Waals surface area contributed by atoms with E-state index >= 15 is 0 Å². The smallest absolute Gasteiger partial charge is 0.102 e. The molecule has 0 atom stereocenters. The Balaban J connectivity index is 2.44. The van der Waals surface area contributed by atoms with Crippen molar-refractivity contribution >= 4 is 0 Å². The number of hydrogen-bond acceptors (Lipinski definition) is 1. The average Bonchev–Trinajstić information content (AvgIpc) is 1.98. The fraction of sp³-hybridized carbons (Fsp3) is 0.778. The van der Waals surface area contributed by atoms with Crippen molar-refractivity contribution in [2.24, 2.45) is 0 Å². The van der Waals surface area contributed by atoms with Gasteiger partial charge in [-0.25, -0.2) is 4.39 Å². The van der Waals surface area contributed by atoms with E-state index < -0.39 is 0 Å². The van der Waals surface area contributed by atoms with Crippen LogP contribution in [0.15, 0.2) is 11.1 Å². The van der Waals surface area contributed by atoms with Gasteiger partial charge in [-0.15, -0.1) is 0 Å². The molecule has 0 saturated heterocycles. The molecule has 0 aliphatic carbocycles. The Morgan fingerprint density at radius 2 is 2.09 bits per heavy atom. The standard InChI is InChI=1S/C9H16FN/c1-8-3-5-11(6-4-10)7-9(8)2/h3-7H2,1-2H3. The third kappa shape index (κ3) is 2.29. The zero-order chi connectivity index (χ0) is 8.27. The number of nitrogens with zero attached hydrogens (tertiary/aromatic N) is 1. The lowest BCUT2D eigenvalue weighted by atomic mass is 10.0. The molecule has 2 heteroatoms. The van der Waals surface area contributed by atoms with Gasteiger partial charge >= 0.3 is 0 Å². The Morgan fingerprint density at radius 3 is 2.64 bits per heavy atom. The first-order valence-electron chi connectivity index (χ1n) is 4.17. The second-order valence-corrected chi connectivity index (χ2v) is 3.28. The van der Waals surface area contributed by atoms with Crippen LogP contribution in [0.1, 0.15) is 20.3 Å². The Morgan fingerprint density at radius 1 is 1.36 bits per heavy atom. The van der Waals surface area contributed by atoms with Gasteiger partial charge in [-0.3, -0.25) is 4.90 Å². The molecule has 1 nitrogen and oxygen atoms in total. The quantitative estimate of drug-likeness (QED) is 0.554. The van der Waals surface area contributed by atoms with Crippen molar-refractivity contribution in [3.05, 3.63) is 11.1 Å². The maximum atomic E-state index is 11.9. The summed E-state index contributed by atoms with van der Waals surface area (Å²) in [7, 11) is 0. The van der Waals surface area contributed by atoms with Crippen LogP contribution in [0.2, 0.25) is 0 Å². The van der Waals surface area contributed by atoms with Crippen LogP contribution in [0.25, 0.3) is 0 Å². The lowest BCUT2D eigenvalue weighted by molar-refractivity contribution is 0.257. The van der Waals surface area contributed by atoms with Gasteiger partial charge in [0.1, 0.15) is 6.67 Å². The minimum Gasteiger partial charge on any atom is -0.297 e. The Labute approximate surface area is 67.9 Å². The molecule has 1 heterocycles. The highest BCUT2D eigenvalue weighted by Gasteiger charge is 2.12. The van der Waals surface area contributed by atoms with Crippen LogP contribution in [0.3, 0.4) is 0 Å². The topological polar surface area (TPSA) is 3.24 Å². The molecule has 0 saturated carbocycles. The lowest BCUT2D eigenvalue weighted by Gasteiger charge is -2.27. The van der Waals surface area contributed by atoms with Gasteiger partial charge in [0, 0.05) is 19.6 Å². The molecule has 1 aliphatic rings. The van der Waals surface area contributed by atoms with Crippen LogP contribution in [0.4, 0.5) is 4.39 Å². The molecule has 0 bridgehead atoms. The number of halogens is 1.